The molecule has 1 heterocycles. The van der Waals surface area contributed by atoms with Gasteiger partial charge >= 0.3 is 0 Å². The van der Waals surface area contributed by atoms with Gasteiger partial charge in [-0.1, -0.05) is 35.4 Å². The van der Waals surface area contributed by atoms with Crippen molar-refractivity contribution in [1.29, 1.82) is 0 Å². The third kappa shape index (κ3) is 4.28. The van der Waals surface area contributed by atoms with E-state index < -0.39 is 27.9 Å². The number of hydrogen-bond acceptors (Lipinski definition) is 4. The Kier molecular flexibility index (Phi) is 5.83. The molecule has 32 heavy (non-hydrogen) atoms. The van der Waals surface area contributed by atoms with Gasteiger partial charge in [0, 0.05) is 5.69 Å². The topological polar surface area (TPSA) is 75.7 Å². The van der Waals surface area contributed by atoms with Crippen molar-refractivity contribution in [2.75, 3.05) is 16.2 Å². The third-order valence-corrected chi connectivity index (χ3v) is 7.16. The van der Waals surface area contributed by atoms with Gasteiger partial charge < -0.3 is 10.1 Å². The van der Waals surface area contributed by atoms with E-state index in [1.54, 1.807) is 30.3 Å². The quantitative estimate of drug-likeness (QED) is 0.595. The predicted molar refractivity (Wildman–Crippen MR) is 121 cm³/mol. The Morgan fingerprint density at radius 2 is 1.75 bits per heavy atom. The lowest BCUT2D eigenvalue weighted by molar-refractivity contribution is -0.122. The van der Waals surface area contributed by atoms with Gasteiger partial charge in [0.15, 0.2) is 6.10 Å². The average molecular weight is 475 g/mol. The van der Waals surface area contributed by atoms with Crippen molar-refractivity contribution in [1.82, 2.24) is 0 Å². The molecule has 0 saturated heterocycles. The van der Waals surface area contributed by atoms with E-state index in [9.17, 15) is 17.6 Å². The van der Waals surface area contributed by atoms with E-state index in [4.69, 9.17) is 16.3 Å². The van der Waals surface area contributed by atoms with Crippen LogP contribution in [0.1, 0.15) is 11.1 Å². The highest BCUT2D eigenvalue weighted by molar-refractivity contribution is 7.92. The molecule has 0 bridgehead atoms. The van der Waals surface area contributed by atoms with Gasteiger partial charge in [0.05, 0.1) is 22.2 Å². The highest BCUT2D eigenvalue weighted by Gasteiger charge is 2.37. The second-order valence-electron chi connectivity index (χ2n) is 7.55. The first-order chi connectivity index (χ1) is 15.1. The summed E-state index contributed by atoms with van der Waals surface area (Å²) in [5, 5.41) is 2.47. The zero-order chi connectivity index (χ0) is 23.0. The van der Waals surface area contributed by atoms with E-state index in [2.05, 4.69) is 5.32 Å². The number of benzene rings is 3. The number of sulfonamides is 1. The maximum Gasteiger partial charge on any atom is 0.267 e. The Labute approximate surface area is 190 Å². The second kappa shape index (κ2) is 8.44. The van der Waals surface area contributed by atoms with Gasteiger partial charge in [-0.2, -0.15) is 0 Å². The second-order valence-corrected chi connectivity index (χ2v) is 9.81. The minimum Gasteiger partial charge on any atom is -0.476 e. The molecule has 4 rings (SSSR count). The Hall–Kier alpha value is -3.10. The zero-order valence-corrected chi connectivity index (χ0v) is 18.9. The first-order valence-corrected chi connectivity index (χ1v) is 11.6. The normalized spacial score (nSPS) is 15.6. The molecule has 1 N–H and O–H groups in total. The number of hydrogen-bond donors (Lipinski definition) is 1. The van der Waals surface area contributed by atoms with Gasteiger partial charge in [0.1, 0.15) is 11.6 Å². The van der Waals surface area contributed by atoms with E-state index in [-0.39, 0.29) is 27.9 Å². The monoisotopic (exact) mass is 474 g/mol. The summed E-state index contributed by atoms with van der Waals surface area (Å²) in [6, 6.07) is 15.4. The van der Waals surface area contributed by atoms with Crippen LogP contribution in [-0.2, 0) is 14.8 Å². The van der Waals surface area contributed by atoms with Gasteiger partial charge in [-0.3, -0.25) is 9.10 Å². The molecule has 0 radical (unpaired) electrons. The molecule has 1 atom stereocenters. The van der Waals surface area contributed by atoms with Crippen LogP contribution in [0, 0.1) is 19.7 Å². The molecule has 0 spiro atoms. The molecule has 0 unspecified atom stereocenters. The van der Waals surface area contributed by atoms with Gasteiger partial charge in [0.25, 0.3) is 15.9 Å². The number of carbonyl (C=O) groups excluding carboxylic acids is 1. The summed E-state index contributed by atoms with van der Waals surface area (Å²) in [5.41, 5.74) is 2.40. The van der Waals surface area contributed by atoms with Crippen LogP contribution in [-0.4, -0.2) is 27.0 Å². The van der Waals surface area contributed by atoms with E-state index in [0.717, 1.165) is 17.2 Å². The summed E-state index contributed by atoms with van der Waals surface area (Å²) in [6.07, 6.45) is -1.13. The maximum atomic E-state index is 13.4. The highest BCUT2D eigenvalue weighted by atomic mass is 35.5. The van der Waals surface area contributed by atoms with Crippen LogP contribution in [0.3, 0.4) is 0 Å². The summed E-state index contributed by atoms with van der Waals surface area (Å²) >= 11 is 5.78. The van der Waals surface area contributed by atoms with Gasteiger partial charge in [0.2, 0.25) is 0 Å². The molecule has 0 saturated carbocycles. The fraction of sp³-hybridized carbons (Fsp3) is 0.174. The fourth-order valence-corrected chi connectivity index (χ4v) is 5.02. The van der Waals surface area contributed by atoms with Crippen LogP contribution in [0.25, 0.3) is 0 Å². The molecule has 3 aromatic rings. The summed E-state index contributed by atoms with van der Waals surface area (Å²) in [6.45, 7) is 3.48. The lowest BCUT2D eigenvalue weighted by Crippen LogP contribution is -2.48. The molecule has 1 aliphatic rings. The maximum absolute atomic E-state index is 13.4. The number of rotatable bonds is 4. The zero-order valence-electron chi connectivity index (χ0n) is 17.3. The number of aryl methyl sites for hydroxylation is 2. The van der Waals surface area contributed by atoms with Crippen molar-refractivity contribution in [2.24, 2.45) is 0 Å². The van der Waals surface area contributed by atoms with Crippen molar-refractivity contribution in [3.63, 3.8) is 0 Å². The third-order valence-electron chi connectivity index (χ3n) is 5.07. The summed E-state index contributed by atoms with van der Waals surface area (Å²) in [4.78, 5) is 13.0. The van der Waals surface area contributed by atoms with Gasteiger partial charge in [-0.25, -0.2) is 12.8 Å². The summed E-state index contributed by atoms with van der Waals surface area (Å²) in [7, 11) is -3.95. The SMILES string of the molecule is Cc1ccc(S(=O)(=O)N2C[C@@H](C(=O)Nc3ccc(F)c(Cl)c3)Oc3cc(C)ccc32)cc1. The number of fused-ring (bicyclic) bond motifs is 1. The first-order valence-electron chi connectivity index (χ1n) is 9.78. The van der Waals surface area contributed by atoms with Gasteiger partial charge in [-0.05, 0) is 61.9 Å². The van der Waals surface area contributed by atoms with E-state index in [1.165, 1.54) is 28.6 Å². The number of nitrogens with one attached hydrogen (secondary N) is 1. The molecular weight excluding hydrogens is 455 g/mol. The van der Waals surface area contributed by atoms with Crippen LogP contribution in [0.5, 0.6) is 5.75 Å². The average Bonchev–Trinajstić information content (AvgIpc) is 2.75. The lowest BCUT2D eigenvalue weighted by atomic mass is 10.1. The number of halogens is 2. The number of nitrogens with zero attached hydrogens (tertiary/aromatic N) is 1. The molecule has 0 aromatic heterocycles. The highest BCUT2D eigenvalue weighted by Crippen LogP contribution is 2.38. The minimum atomic E-state index is -3.95. The molecule has 1 aliphatic heterocycles. The van der Waals surface area contributed by atoms with Crippen LogP contribution in [0.4, 0.5) is 15.8 Å². The van der Waals surface area contributed by atoms with Crippen LogP contribution < -0.4 is 14.4 Å². The number of carbonyl (C=O) groups is 1. The van der Waals surface area contributed by atoms with Gasteiger partial charge in [-0.15, -0.1) is 0 Å². The Balaban J connectivity index is 1.69. The van der Waals surface area contributed by atoms with Crippen molar-refractivity contribution < 1.29 is 22.3 Å². The van der Waals surface area contributed by atoms with E-state index >= 15 is 0 Å². The smallest absolute Gasteiger partial charge is 0.267 e. The van der Waals surface area contributed by atoms with Crippen molar-refractivity contribution >= 4 is 38.9 Å². The number of amides is 1. The predicted octanol–water partition coefficient (Wildman–Crippen LogP) is 4.69. The molecule has 166 valence electrons. The Bertz CT molecular complexity index is 1300. The number of ether oxygens (including phenoxy) is 1. The van der Waals surface area contributed by atoms with Crippen molar-refractivity contribution in [3.05, 3.63) is 82.6 Å². The fourth-order valence-electron chi connectivity index (χ4n) is 3.36. The Morgan fingerprint density at radius 3 is 2.44 bits per heavy atom. The van der Waals surface area contributed by atoms with Crippen LogP contribution in [0.15, 0.2) is 65.6 Å². The van der Waals surface area contributed by atoms with Crippen LogP contribution >= 0.6 is 11.6 Å². The molecular formula is C23H20ClFN2O4S. The van der Waals surface area contributed by atoms with Crippen molar-refractivity contribution in [3.8, 4) is 5.75 Å². The largest absolute Gasteiger partial charge is 0.476 e. The lowest BCUT2D eigenvalue weighted by Gasteiger charge is -2.35. The first kappa shape index (κ1) is 22.1. The van der Waals surface area contributed by atoms with Crippen LogP contribution in [0.2, 0.25) is 5.02 Å². The molecule has 1 amide bonds. The number of anilines is 2. The summed E-state index contributed by atoms with van der Waals surface area (Å²) < 4.78 is 47.3. The molecule has 6 nitrogen and oxygen atoms in total. The molecule has 0 aliphatic carbocycles. The summed E-state index contributed by atoms with van der Waals surface area (Å²) in [5.74, 6) is -0.911. The minimum absolute atomic E-state index is 0.112. The van der Waals surface area contributed by atoms with Crippen molar-refractivity contribution in [2.45, 2.75) is 24.8 Å². The standard InChI is InChI=1S/C23H20ClFN2O4S/c1-14-3-7-17(8-4-14)32(29,30)27-13-22(31-21-11-15(2)5-10-20(21)27)23(28)26-16-6-9-19(25)18(24)12-16/h3-12,22H,13H2,1-2H3,(H,26,28)/t22-/m0/s1. The van der Waals surface area contributed by atoms with E-state index in [1.807, 2.05) is 13.8 Å². The van der Waals surface area contributed by atoms with E-state index in [0.29, 0.717) is 5.69 Å². The molecule has 3 aromatic carbocycles. The molecule has 0 fully saturated rings. The molecule has 9 heteroatoms. The Morgan fingerprint density at radius 1 is 1.06 bits per heavy atom.